The molecule has 0 radical (unpaired) electrons. The minimum absolute atomic E-state index is 0.155. The molecular weight excluding hydrogens is 204 g/mol. The number of hydrogen-bond donors (Lipinski definition) is 2. The third kappa shape index (κ3) is 4.11. The lowest BCUT2D eigenvalue weighted by molar-refractivity contribution is -0.132. The van der Waals surface area contributed by atoms with E-state index < -0.39 is 5.97 Å². The quantitative estimate of drug-likeness (QED) is 0.587. The second-order valence-electron chi connectivity index (χ2n) is 3.24. The van der Waals surface area contributed by atoms with Crippen molar-refractivity contribution in [1.29, 1.82) is 0 Å². The van der Waals surface area contributed by atoms with E-state index in [1.807, 2.05) is 36.4 Å². The van der Waals surface area contributed by atoms with Gasteiger partial charge in [0.15, 0.2) is 0 Å². The number of carboxylic acids is 1. The maximum absolute atomic E-state index is 10.7. The number of aliphatic hydroxyl groups is 1. The predicted octanol–water partition coefficient (Wildman–Crippen LogP) is 2.09. The molecule has 0 atom stereocenters. The predicted molar refractivity (Wildman–Crippen MR) is 62.9 cm³/mol. The van der Waals surface area contributed by atoms with Gasteiger partial charge in [0.05, 0.1) is 0 Å². The van der Waals surface area contributed by atoms with Crippen LogP contribution in [0.4, 0.5) is 0 Å². The first-order chi connectivity index (χ1) is 7.74. The summed E-state index contributed by atoms with van der Waals surface area (Å²) in [4.78, 5) is 10.7. The third-order valence-corrected chi connectivity index (χ3v) is 2.04. The Bertz CT molecular complexity index is 391. The Kier molecular flexibility index (Phi) is 5.02. The molecule has 1 aromatic carbocycles. The van der Waals surface area contributed by atoms with Crippen molar-refractivity contribution in [2.24, 2.45) is 0 Å². The zero-order valence-corrected chi connectivity index (χ0v) is 8.84. The largest absolute Gasteiger partial charge is 0.478 e. The molecular formula is C13H14O3. The van der Waals surface area contributed by atoms with Gasteiger partial charge in [0, 0.05) is 18.6 Å². The summed E-state index contributed by atoms with van der Waals surface area (Å²) < 4.78 is 0. The van der Waals surface area contributed by atoms with E-state index in [-0.39, 0.29) is 18.6 Å². The molecule has 3 nitrogen and oxygen atoms in total. The van der Waals surface area contributed by atoms with E-state index in [4.69, 9.17) is 10.2 Å². The Morgan fingerprint density at radius 1 is 1.25 bits per heavy atom. The highest BCUT2D eigenvalue weighted by molar-refractivity contribution is 5.87. The van der Waals surface area contributed by atoms with E-state index in [1.165, 1.54) is 6.08 Å². The zero-order chi connectivity index (χ0) is 11.8. The lowest BCUT2D eigenvalue weighted by Gasteiger charge is -1.96. The molecule has 0 spiro atoms. The zero-order valence-electron chi connectivity index (χ0n) is 8.84. The van der Waals surface area contributed by atoms with Crippen LogP contribution in [-0.2, 0) is 4.79 Å². The number of allylic oxidation sites excluding steroid dienone is 2. The lowest BCUT2D eigenvalue weighted by Crippen LogP contribution is -2.01. The summed E-state index contributed by atoms with van der Waals surface area (Å²) in [6, 6.07) is 9.60. The topological polar surface area (TPSA) is 57.5 Å². The highest BCUT2D eigenvalue weighted by Crippen LogP contribution is 2.04. The van der Waals surface area contributed by atoms with E-state index in [0.29, 0.717) is 0 Å². The van der Waals surface area contributed by atoms with Gasteiger partial charge in [-0.25, -0.2) is 4.79 Å². The average Bonchev–Trinajstić information content (AvgIpc) is 2.29. The van der Waals surface area contributed by atoms with Gasteiger partial charge in [-0.3, -0.25) is 0 Å². The SMILES string of the molecule is O=C(O)C(=CC=Cc1ccccc1)CCO. The van der Waals surface area contributed by atoms with Crippen molar-refractivity contribution in [3.63, 3.8) is 0 Å². The maximum Gasteiger partial charge on any atom is 0.331 e. The highest BCUT2D eigenvalue weighted by Gasteiger charge is 2.03. The monoisotopic (exact) mass is 218 g/mol. The van der Waals surface area contributed by atoms with E-state index in [1.54, 1.807) is 6.08 Å². The third-order valence-electron chi connectivity index (χ3n) is 2.04. The number of carbonyl (C=O) groups is 1. The van der Waals surface area contributed by atoms with Gasteiger partial charge in [-0.1, -0.05) is 48.6 Å². The van der Waals surface area contributed by atoms with Gasteiger partial charge in [0.2, 0.25) is 0 Å². The van der Waals surface area contributed by atoms with Crippen LogP contribution >= 0.6 is 0 Å². The molecule has 0 unspecified atom stereocenters. The Labute approximate surface area is 94.4 Å². The smallest absolute Gasteiger partial charge is 0.331 e. The van der Waals surface area contributed by atoms with Crippen LogP contribution in [0.25, 0.3) is 6.08 Å². The van der Waals surface area contributed by atoms with Gasteiger partial charge in [-0.05, 0) is 5.56 Å². The molecule has 0 amide bonds. The standard InChI is InChI=1S/C13H14O3/c14-10-9-12(13(15)16)8-4-7-11-5-2-1-3-6-11/h1-8,14H,9-10H2,(H,15,16). The molecule has 0 saturated carbocycles. The van der Waals surface area contributed by atoms with Crippen LogP contribution in [0.3, 0.4) is 0 Å². The number of rotatable bonds is 5. The molecule has 0 aromatic heterocycles. The molecule has 3 heteroatoms. The van der Waals surface area contributed by atoms with Crippen molar-refractivity contribution in [3.05, 3.63) is 53.6 Å². The molecule has 0 bridgehead atoms. The van der Waals surface area contributed by atoms with Crippen LogP contribution in [0, 0.1) is 0 Å². The minimum atomic E-state index is -0.994. The van der Waals surface area contributed by atoms with Crippen molar-refractivity contribution in [1.82, 2.24) is 0 Å². The van der Waals surface area contributed by atoms with Crippen molar-refractivity contribution < 1.29 is 15.0 Å². The van der Waals surface area contributed by atoms with Crippen molar-refractivity contribution in [2.75, 3.05) is 6.61 Å². The number of carboxylic acid groups (broad SMARTS) is 1. The van der Waals surface area contributed by atoms with E-state index in [9.17, 15) is 4.79 Å². The van der Waals surface area contributed by atoms with Crippen LogP contribution in [0.5, 0.6) is 0 Å². The Morgan fingerprint density at radius 3 is 2.50 bits per heavy atom. The minimum Gasteiger partial charge on any atom is -0.478 e. The van der Waals surface area contributed by atoms with Gasteiger partial charge in [-0.15, -0.1) is 0 Å². The maximum atomic E-state index is 10.7. The first-order valence-electron chi connectivity index (χ1n) is 5.00. The summed E-state index contributed by atoms with van der Waals surface area (Å²) in [5.41, 5.74) is 1.21. The van der Waals surface area contributed by atoms with Gasteiger partial charge < -0.3 is 10.2 Å². The van der Waals surface area contributed by atoms with Gasteiger partial charge >= 0.3 is 5.97 Å². The van der Waals surface area contributed by atoms with E-state index in [2.05, 4.69) is 0 Å². The molecule has 0 aliphatic heterocycles. The molecule has 0 aliphatic rings. The number of aliphatic hydroxyl groups excluding tert-OH is 1. The molecule has 1 aromatic rings. The Morgan fingerprint density at radius 2 is 1.94 bits per heavy atom. The summed E-state index contributed by atoms with van der Waals surface area (Å²) >= 11 is 0. The lowest BCUT2D eigenvalue weighted by atomic mass is 10.1. The summed E-state index contributed by atoms with van der Waals surface area (Å²) in [6.45, 7) is -0.155. The molecule has 16 heavy (non-hydrogen) atoms. The number of benzene rings is 1. The second-order valence-corrected chi connectivity index (χ2v) is 3.24. The summed E-state index contributed by atoms with van der Waals surface area (Å²) in [5.74, 6) is -0.994. The molecule has 1 rings (SSSR count). The normalized spacial score (nSPS) is 11.9. The molecule has 0 saturated heterocycles. The molecule has 2 N–H and O–H groups in total. The average molecular weight is 218 g/mol. The fourth-order valence-corrected chi connectivity index (χ4v) is 1.22. The molecule has 0 fully saturated rings. The van der Waals surface area contributed by atoms with Gasteiger partial charge in [-0.2, -0.15) is 0 Å². The van der Waals surface area contributed by atoms with Crippen LogP contribution < -0.4 is 0 Å². The van der Waals surface area contributed by atoms with Crippen LogP contribution in [0.2, 0.25) is 0 Å². The van der Waals surface area contributed by atoms with Gasteiger partial charge in [0.1, 0.15) is 0 Å². The second kappa shape index (κ2) is 6.58. The Balaban J connectivity index is 2.70. The number of hydrogen-bond acceptors (Lipinski definition) is 2. The van der Waals surface area contributed by atoms with Crippen LogP contribution in [-0.4, -0.2) is 22.8 Å². The van der Waals surface area contributed by atoms with Crippen LogP contribution in [0.1, 0.15) is 12.0 Å². The molecule has 84 valence electrons. The van der Waals surface area contributed by atoms with Gasteiger partial charge in [0.25, 0.3) is 0 Å². The summed E-state index contributed by atoms with van der Waals surface area (Å²) in [7, 11) is 0. The fourth-order valence-electron chi connectivity index (χ4n) is 1.22. The fraction of sp³-hybridized carbons (Fsp3) is 0.154. The first-order valence-corrected chi connectivity index (χ1v) is 5.00. The van der Waals surface area contributed by atoms with E-state index in [0.717, 1.165) is 5.56 Å². The van der Waals surface area contributed by atoms with Crippen LogP contribution in [0.15, 0.2) is 48.1 Å². The van der Waals surface area contributed by atoms with Crippen molar-refractivity contribution in [3.8, 4) is 0 Å². The van der Waals surface area contributed by atoms with Crippen molar-refractivity contribution in [2.45, 2.75) is 6.42 Å². The highest BCUT2D eigenvalue weighted by atomic mass is 16.4. The summed E-state index contributed by atoms with van der Waals surface area (Å²) in [6.07, 6.45) is 5.16. The first kappa shape index (κ1) is 12.2. The molecule has 0 aliphatic carbocycles. The van der Waals surface area contributed by atoms with E-state index >= 15 is 0 Å². The van der Waals surface area contributed by atoms with Crippen molar-refractivity contribution >= 4 is 12.0 Å². The number of aliphatic carboxylic acids is 1. The molecule has 0 heterocycles. The summed E-state index contributed by atoms with van der Waals surface area (Å²) in [5, 5.41) is 17.5. The Hall–Kier alpha value is -1.87.